The van der Waals surface area contributed by atoms with Gasteiger partial charge in [0, 0.05) is 27.4 Å². The molecule has 1 atom stereocenters. The first-order valence-corrected chi connectivity index (χ1v) is 8.27. The molecule has 0 amide bonds. The normalized spacial score (nSPS) is 11.7. The number of nitrogen functional groups attached to an aromatic ring is 1. The van der Waals surface area contributed by atoms with Crippen LogP contribution in [-0.4, -0.2) is 12.0 Å². The number of ketones is 1. The molecule has 0 saturated heterocycles. The van der Waals surface area contributed by atoms with E-state index in [0.29, 0.717) is 27.4 Å². The number of carbonyl (C=O) groups is 1. The molecule has 0 spiro atoms. The zero-order valence-corrected chi connectivity index (χ0v) is 13.8. The molecule has 2 rings (SSSR count). The van der Waals surface area contributed by atoms with Gasteiger partial charge < -0.3 is 5.73 Å². The highest BCUT2D eigenvalue weighted by atomic mass is 35.5. The van der Waals surface area contributed by atoms with E-state index in [9.17, 15) is 10.1 Å². The Hall–Kier alpha value is -1.96. The van der Waals surface area contributed by atoms with Crippen molar-refractivity contribution in [2.24, 2.45) is 0 Å². The van der Waals surface area contributed by atoms with Crippen LogP contribution in [0, 0.1) is 18.3 Å². The van der Waals surface area contributed by atoms with Crippen LogP contribution in [0.2, 0.25) is 5.02 Å². The highest BCUT2D eigenvalue weighted by Gasteiger charge is 2.20. The first-order valence-electron chi connectivity index (χ1n) is 6.60. The zero-order valence-electron chi connectivity index (χ0n) is 12.3. The van der Waals surface area contributed by atoms with E-state index in [4.69, 9.17) is 17.3 Å². The van der Waals surface area contributed by atoms with Gasteiger partial charge in [0.1, 0.15) is 5.25 Å². The van der Waals surface area contributed by atoms with Crippen molar-refractivity contribution in [3.8, 4) is 6.07 Å². The van der Waals surface area contributed by atoms with Crippen LogP contribution in [0.1, 0.15) is 32.3 Å². The van der Waals surface area contributed by atoms with Crippen LogP contribution >= 0.6 is 23.4 Å². The minimum Gasteiger partial charge on any atom is -0.398 e. The van der Waals surface area contributed by atoms with E-state index >= 15 is 0 Å². The maximum atomic E-state index is 12.7. The molecule has 0 heterocycles. The van der Waals surface area contributed by atoms with Crippen molar-refractivity contribution < 1.29 is 4.79 Å². The van der Waals surface area contributed by atoms with Crippen molar-refractivity contribution in [2.45, 2.75) is 12.2 Å². The Bertz CT molecular complexity index is 750. The van der Waals surface area contributed by atoms with Gasteiger partial charge in [-0.3, -0.25) is 4.79 Å². The summed E-state index contributed by atoms with van der Waals surface area (Å²) in [6, 6.07) is 12.6. The van der Waals surface area contributed by atoms with Gasteiger partial charge in [0.25, 0.3) is 0 Å². The van der Waals surface area contributed by atoms with Gasteiger partial charge in [0.05, 0.1) is 6.07 Å². The van der Waals surface area contributed by atoms with Gasteiger partial charge >= 0.3 is 0 Å². The third-order valence-corrected chi connectivity index (χ3v) is 4.42. The number of benzene rings is 2. The van der Waals surface area contributed by atoms with Crippen molar-refractivity contribution in [1.29, 1.82) is 5.26 Å². The highest BCUT2D eigenvalue weighted by molar-refractivity contribution is 7.99. The van der Waals surface area contributed by atoms with Gasteiger partial charge in [-0.1, -0.05) is 41.4 Å². The third-order valence-electron chi connectivity index (χ3n) is 3.37. The number of rotatable bonds is 4. The van der Waals surface area contributed by atoms with E-state index in [0.717, 1.165) is 5.56 Å². The van der Waals surface area contributed by atoms with E-state index in [2.05, 4.69) is 6.07 Å². The molecule has 2 aromatic carbocycles. The summed E-state index contributed by atoms with van der Waals surface area (Å²) in [4.78, 5) is 12.7. The molecule has 0 aromatic heterocycles. The van der Waals surface area contributed by atoms with E-state index in [1.54, 1.807) is 24.3 Å². The van der Waals surface area contributed by atoms with Gasteiger partial charge in [-0.05, 0) is 25.3 Å². The number of hydrogen-bond acceptors (Lipinski definition) is 4. The van der Waals surface area contributed by atoms with Gasteiger partial charge in [0.2, 0.25) is 0 Å². The van der Waals surface area contributed by atoms with Crippen molar-refractivity contribution in [3.05, 3.63) is 63.7 Å². The highest BCUT2D eigenvalue weighted by Crippen LogP contribution is 2.35. The van der Waals surface area contributed by atoms with Crippen LogP contribution in [0.15, 0.2) is 36.4 Å². The molecule has 1 unspecified atom stereocenters. The number of nitrogens with two attached hydrogens (primary N) is 1. The Morgan fingerprint density at radius 1 is 1.32 bits per heavy atom. The van der Waals surface area contributed by atoms with Gasteiger partial charge in [0.15, 0.2) is 5.78 Å². The summed E-state index contributed by atoms with van der Waals surface area (Å²) in [7, 11) is 0. The van der Waals surface area contributed by atoms with E-state index in [1.807, 2.05) is 25.3 Å². The van der Waals surface area contributed by atoms with Gasteiger partial charge in [-0.25, -0.2) is 0 Å². The number of nitriles is 1. The average Bonchev–Trinajstić information content (AvgIpc) is 2.51. The second-order valence-corrected chi connectivity index (χ2v) is 6.28. The summed E-state index contributed by atoms with van der Waals surface area (Å²) in [5.74, 6) is -0.195. The molecule has 5 heteroatoms. The predicted octanol–water partition coefficient (Wildman–Crippen LogP) is 4.39. The van der Waals surface area contributed by atoms with Crippen LogP contribution < -0.4 is 5.73 Å². The first-order chi connectivity index (χ1) is 10.5. The standard InChI is InChI=1S/C17H15ClN2OS/c1-10-3-5-11(6-4-10)17(21)14-8-12(18)7-13(16(14)20)15(9-19)22-2/h3-8,15H,20H2,1-2H3. The lowest BCUT2D eigenvalue weighted by Gasteiger charge is -2.14. The zero-order chi connectivity index (χ0) is 16.3. The summed E-state index contributed by atoms with van der Waals surface area (Å²) in [5.41, 5.74) is 8.98. The molecule has 0 aliphatic carbocycles. The second-order valence-electron chi connectivity index (χ2n) is 4.90. The Balaban J connectivity index is 2.54. The fourth-order valence-electron chi connectivity index (χ4n) is 2.15. The molecule has 22 heavy (non-hydrogen) atoms. The van der Waals surface area contributed by atoms with Crippen LogP contribution in [0.3, 0.4) is 0 Å². The Labute approximate surface area is 139 Å². The molecule has 112 valence electrons. The van der Waals surface area contributed by atoms with E-state index in [-0.39, 0.29) is 5.78 Å². The number of carbonyl (C=O) groups excluding carboxylic acids is 1. The summed E-state index contributed by atoms with van der Waals surface area (Å²) in [5, 5.41) is 9.16. The third kappa shape index (κ3) is 3.27. The number of anilines is 1. The maximum Gasteiger partial charge on any atom is 0.195 e. The number of hydrogen-bond donors (Lipinski definition) is 1. The largest absolute Gasteiger partial charge is 0.398 e. The first kappa shape index (κ1) is 16.4. The fourth-order valence-corrected chi connectivity index (χ4v) is 2.93. The second kappa shape index (κ2) is 6.87. The van der Waals surface area contributed by atoms with Crippen LogP contribution in [0.5, 0.6) is 0 Å². The molecule has 0 bridgehead atoms. The quantitative estimate of drug-likeness (QED) is 0.667. The minimum absolute atomic E-state index is 0.195. The molecule has 0 aliphatic heterocycles. The van der Waals surface area contributed by atoms with Crippen LogP contribution in [0.4, 0.5) is 5.69 Å². The summed E-state index contributed by atoms with van der Waals surface area (Å²) >= 11 is 7.46. The van der Waals surface area contributed by atoms with Crippen molar-refractivity contribution >= 4 is 34.8 Å². The molecule has 3 nitrogen and oxygen atoms in total. The predicted molar refractivity (Wildman–Crippen MR) is 92.3 cm³/mol. The summed E-state index contributed by atoms with van der Waals surface area (Å²) < 4.78 is 0. The van der Waals surface area contributed by atoms with Gasteiger partial charge in [-0.2, -0.15) is 5.26 Å². The Morgan fingerprint density at radius 3 is 2.50 bits per heavy atom. The monoisotopic (exact) mass is 330 g/mol. The Morgan fingerprint density at radius 2 is 1.95 bits per heavy atom. The van der Waals surface area contributed by atoms with Crippen LogP contribution in [0.25, 0.3) is 0 Å². The number of aryl methyl sites for hydroxylation is 1. The summed E-state index contributed by atoms with van der Waals surface area (Å²) in [6.07, 6.45) is 1.82. The SMILES string of the molecule is CSC(C#N)c1cc(Cl)cc(C(=O)c2ccc(C)cc2)c1N. The summed E-state index contributed by atoms with van der Waals surface area (Å²) in [6.45, 7) is 1.95. The number of halogens is 1. The fraction of sp³-hybridized carbons (Fsp3) is 0.176. The van der Waals surface area contributed by atoms with Crippen molar-refractivity contribution in [3.63, 3.8) is 0 Å². The lowest BCUT2D eigenvalue weighted by atomic mass is 9.97. The topological polar surface area (TPSA) is 66.9 Å². The van der Waals surface area contributed by atoms with E-state index in [1.165, 1.54) is 11.8 Å². The molecule has 0 aliphatic rings. The number of nitrogens with zero attached hydrogens (tertiary/aromatic N) is 1. The molecular weight excluding hydrogens is 316 g/mol. The lowest BCUT2D eigenvalue weighted by molar-refractivity contribution is 0.103. The minimum atomic E-state index is -0.455. The van der Waals surface area contributed by atoms with Crippen molar-refractivity contribution in [2.75, 3.05) is 12.0 Å². The van der Waals surface area contributed by atoms with E-state index < -0.39 is 5.25 Å². The smallest absolute Gasteiger partial charge is 0.195 e. The molecule has 2 N–H and O–H groups in total. The molecule has 0 saturated carbocycles. The molecule has 0 fully saturated rings. The van der Waals surface area contributed by atoms with Crippen LogP contribution in [-0.2, 0) is 0 Å². The Kier molecular flexibility index (Phi) is 5.12. The molecule has 0 radical (unpaired) electrons. The van der Waals surface area contributed by atoms with Crippen molar-refractivity contribution in [1.82, 2.24) is 0 Å². The molecular formula is C17H15ClN2OS. The molecule has 2 aromatic rings. The lowest BCUT2D eigenvalue weighted by Crippen LogP contribution is -2.09. The average molecular weight is 331 g/mol. The number of thioether (sulfide) groups is 1. The maximum absolute atomic E-state index is 12.7. The van der Waals surface area contributed by atoms with Gasteiger partial charge in [-0.15, -0.1) is 11.8 Å².